The first-order chi connectivity index (χ1) is 28.3. The maximum atomic E-state index is 2.44. The third-order valence-corrected chi connectivity index (χ3v) is 13.7. The molecule has 11 aromatic carbocycles. The summed E-state index contributed by atoms with van der Waals surface area (Å²) in [4.78, 5) is 0. The minimum absolute atomic E-state index is 1.25. The van der Waals surface area contributed by atoms with Gasteiger partial charge in [-0.25, -0.2) is 0 Å². The molecule has 0 aliphatic heterocycles. The van der Waals surface area contributed by atoms with E-state index in [0.717, 1.165) is 0 Å². The van der Waals surface area contributed by atoms with Crippen LogP contribution in [-0.4, -0.2) is 0 Å². The van der Waals surface area contributed by atoms with Gasteiger partial charge in [-0.15, -0.1) is 11.3 Å². The Labute approximate surface area is 333 Å². The highest BCUT2D eigenvalue weighted by molar-refractivity contribution is 7.26. The Morgan fingerprint density at radius 1 is 0.263 bits per heavy atom. The summed E-state index contributed by atoms with van der Waals surface area (Å²) in [6, 6.07) is 72.8. The van der Waals surface area contributed by atoms with Crippen molar-refractivity contribution in [2.24, 2.45) is 0 Å². The molecular formula is C56H32S. The molecule has 1 heterocycles. The van der Waals surface area contributed by atoms with Gasteiger partial charge in [0.25, 0.3) is 0 Å². The fraction of sp³-hybridized carbons (Fsp3) is 0. The molecule has 0 nitrogen and oxygen atoms in total. The Morgan fingerprint density at radius 2 is 0.772 bits per heavy atom. The fourth-order valence-corrected chi connectivity index (χ4v) is 11.4. The van der Waals surface area contributed by atoms with E-state index in [-0.39, 0.29) is 0 Å². The quantitative estimate of drug-likeness (QED) is 0.169. The Bertz CT molecular complexity index is 3560. The van der Waals surface area contributed by atoms with Crippen molar-refractivity contribution < 1.29 is 0 Å². The molecule has 0 spiro atoms. The molecule has 0 fully saturated rings. The number of fused-ring (bicyclic) bond motifs is 10. The molecule has 0 bridgehead atoms. The van der Waals surface area contributed by atoms with Crippen molar-refractivity contribution >= 4 is 85.4 Å². The molecule has 13 rings (SSSR count). The summed E-state index contributed by atoms with van der Waals surface area (Å²) >= 11 is 1.92. The van der Waals surface area contributed by atoms with Crippen LogP contribution in [0, 0.1) is 0 Å². The highest BCUT2D eigenvalue weighted by Gasteiger charge is 2.32. The second kappa shape index (κ2) is 11.7. The summed E-state index contributed by atoms with van der Waals surface area (Å²) in [5, 5.41) is 15.5. The maximum absolute atomic E-state index is 2.44. The van der Waals surface area contributed by atoms with Gasteiger partial charge < -0.3 is 0 Å². The number of rotatable bonds is 3. The second-order valence-corrected chi connectivity index (χ2v) is 16.6. The van der Waals surface area contributed by atoms with Crippen LogP contribution in [0.25, 0.3) is 130 Å². The Kier molecular flexibility index (Phi) is 6.41. The van der Waals surface area contributed by atoms with Crippen LogP contribution in [0.3, 0.4) is 0 Å². The smallest absolute Gasteiger partial charge is 0.0440 e. The SMILES string of the molecule is c1ccc2cc(-c3c4c(c(-c5ccc6ccccc6c5)c5ccccc35)-c3ccc(-c5c6ccccc6cc6c5sc5ccccc56)c5cccc-4c35)ccc2c1. The maximum Gasteiger partial charge on any atom is 0.0440 e. The number of hydrogen-bond donors (Lipinski definition) is 0. The van der Waals surface area contributed by atoms with E-state index in [4.69, 9.17) is 0 Å². The topological polar surface area (TPSA) is 0 Å². The molecule has 0 unspecified atom stereocenters. The standard InChI is InChI=1S/C56H32S/c1-3-14-35-30-38(26-24-33(35)12-1)50-42-19-7-8-20-43(42)51(39-27-25-34-13-2-4-15-36(34)31-39)55-47-29-28-45(44-21-11-22-46(52(44)47)54(50)55)53-40-17-6-5-16-37(40)32-48-41-18-9-10-23-49(41)57-56(48)53/h1-32H. The van der Waals surface area contributed by atoms with Crippen LogP contribution in [0.4, 0.5) is 0 Å². The van der Waals surface area contributed by atoms with Crippen LogP contribution >= 0.6 is 11.3 Å². The fourth-order valence-electron chi connectivity index (χ4n) is 10.1. The minimum Gasteiger partial charge on any atom is -0.135 e. The molecule has 1 aromatic heterocycles. The zero-order valence-electron chi connectivity index (χ0n) is 30.9. The zero-order chi connectivity index (χ0) is 37.2. The largest absolute Gasteiger partial charge is 0.135 e. The average Bonchev–Trinajstić information content (AvgIpc) is 3.81. The molecule has 12 aromatic rings. The molecule has 262 valence electrons. The van der Waals surface area contributed by atoms with Gasteiger partial charge in [-0.2, -0.15) is 0 Å². The van der Waals surface area contributed by atoms with Crippen LogP contribution in [0.5, 0.6) is 0 Å². The highest BCUT2D eigenvalue weighted by Crippen LogP contribution is 2.59. The highest BCUT2D eigenvalue weighted by atomic mass is 32.1. The van der Waals surface area contributed by atoms with Crippen LogP contribution in [0.1, 0.15) is 0 Å². The molecule has 1 heteroatoms. The van der Waals surface area contributed by atoms with Crippen LogP contribution in [0.15, 0.2) is 194 Å². The van der Waals surface area contributed by atoms with E-state index < -0.39 is 0 Å². The van der Waals surface area contributed by atoms with Gasteiger partial charge in [0.2, 0.25) is 0 Å². The van der Waals surface area contributed by atoms with E-state index in [1.165, 1.54) is 130 Å². The lowest BCUT2D eigenvalue weighted by atomic mass is 9.82. The van der Waals surface area contributed by atoms with E-state index in [0.29, 0.717) is 0 Å². The normalized spacial score (nSPS) is 12.2. The molecule has 57 heavy (non-hydrogen) atoms. The number of hydrogen-bond acceptors (Lipinski definition) is 1. The molecule has 0 saturated heterocycles. The van der Waals surface area contributed by atoms with Gasteiger partial charge >= 0.3 is 0 Å². The van der Waals surface area contributed by atoms with Gasteiger partial charge in [0.15, 0.2) is 0 Å². The van der Waals surface area contributed by atoms with Crippen molar-refractivity contribution in [3.05, 3.63) is 194 Å². The van der Waals surface area contributed by atoms with Gasteiger partial charge in [0.05, 0.1) is 0 Å². The first kappa shape index (κ1) is 31.2. The Morgan fingerprint density at radius 3 is 1.44 bits per heavy atom. The molecule has 1 aliphatic carbocycles. The predicted octanol–water partition coefficient (Wildman–Crippen LogP) is 16.5. The molecule has 0 saturated carbocycles. The molecule has 1 aliphatic rings. The number of thiophene rings is 1. The summed E-state index contributed by atoms with van der Waals surface area (Å²) in [6.45, 7) is 0. The van der Waals surface area contributed by atoms with Gasteiger partial charge in [0, 0.05) is 25.7 Å². The number of benzene rings is 11. The van der Waals surface area contributed by atoms with E-state index >= 15 is 0 Å². The molecular weight excluding hydrogens is 705 g/mol. The molecule has 0 atom stereocenters. The van der Waals surface area contributed by atoms with Crippen molar-refractivity contribution in [1.82, 2.24) is 0 Å². The van der Waals surface area contributed by atoms with Crippen LogP contribution < -0.4 is 0 Å². The van der Waals surface area contributed by atoms with Crippen molar-refractivity contribution in [1.29, 1.82) is 0 Å². The lowest BCUT2D eigenvalue weighted by Gasteiger charge is -2.21. The van der Waals surface area contributed by atoms with Gasteiger partial charge in [-0.1, -0.05) is 170 Å². The van der Waals surface area contributed by atoms with E-state index in [9.17, 15) is 0 Å². The molecule has 0 radical (unpaired) electrons. The van der Waals surface area contributed by atoms with Crippen LogP contribution in [-0.2, 0) is 0 Å². The summed E-state index contributed by atoms with van der Waals surface area (Å²) < 4.78 is 2.68. The Hall–Kier alpha value is -7.06. The van der Waals surface area contributed by atoms with E-state index in [1.54, 1.807) is 0 Å². The lowest BCUT2D eigenvalue weighted by Crippen LogP contribution is -1.94. The third kappa shape index (κ3) is 4.38. The zero-order valence-corrected chi connectivity index (χ0v) is 31.7. The van der Waals surface area contributed by atoms with Crippen LogP contribution in [0.2, 0.25) is 0 Å². The Balaban J connectivity index is 1.19. The van der Waals surface area contributed by atoms with E-state index in [1.807, 2.05) is 11.3 Å². The summed E-state index contributed by atoms with van der Waals surface area (Å²) in [6.07, 6.45) is 0. The lowest BCUT2D eigenvalue weighted by molar-refractivity contribution is 1.65. The van der Waals surface area contributed by atoms with Gasteiger partial charge in [-0.05, 0) is 128 Å². The summed E-state index contributed by atoms with van der Waals surface area (Å²) in [5.41, 5.74) is 13.0. The van der Waals surface area contributed by atoms with Gasteiger partial charge in [-0.3, -0.25) is 0 Å². The van der Waals surface area contributed by atoms with Crippen molar-refractivity contribution in [3.8, 4) is 55.6 Å². The average molecular weight is 737 g/mol. The molecule has 0 amide bonds. The second-order valence-electron chi connectivity index (χ2n) is 15.5. The summed E-state index contributed by atoms with van der Waals surface area (Å²) in [5.74, 6) is 0. The van der Waals surface area contributed by atoms with Gasteiger partial charge in [0.1, 0.15) is 0 Å². The third-order valence-electron chi connectivity index (χ3n) is 12.5. The van der Waals surface area contributed by atoms with Crippen molar-refractivity contribution in [2.75, 3.05) is 0 Å². The molecule has 0 N–H and O–H groups in total. The first-order valence-corrected chi connectivity index (χ1v) is 20.6. The summed E-state index contributed by atoms with van der Waals surface area (Å²) in [7, 11) is 0. The van der Waals surface area contributed by atoms with Crippen molar-refractivity contribution in [2.45, 2.75) is 0 Å². The van der Waals surface area contributed by atoms with E-state index in [2.05, 4.69) is 194 Å². The van der Waals surface area contributed by atoms with Crippen molar-refractivity contribution in [3.63, 3.8) is 0 Å². The first-order valence-electron chi connectivity index (χ1n) is 19.8. The minimum atomic E-state index is 1.25. The monoisotopic (exact) mass is 736 g/mol. The predicted molar refractivity (Wildman–Crippen MR) is 248 cm³/mol.